The van der Waals surface area contributed by atoms with Crippen molar-refractivity contribution >= 4 is 31.1 Å². The highest BCUT2D eigenvalue weighted by Gasteiger charge is 2.23. The monoisotopic (exact) mass is 214 g/mol. The maximum atomic E-state index is 10.2. The van der Waals surface area contributed by atoms with Gasteiger partial charge in [0.05, 0.1) is 0 Å². The molecule has 0 unspecified atom stereocenters. The van der Waals surface area contributed by atoms with Crippen molar-refractivity contribution in [1.29, 1.82) is 5.41 Å². The molecule has 0 aromatic heterocycles. The SMILES string of the molecule is N=C(N)N(OP(=O)(O)O)C(N)=S. The van der Waals surface area contributed by atoms with Gasteiger partial charge in [-0.15, -0.1) is 0 Å². The van der Waals surface area contributed by atoms with Gasteiger partial charge in [0.2, 0.25) is 5.96 Å². The van der Waals surface area contributed by atoms with Gasteiger partial charge in [0.1, 0.15) is 0 Å². The van der Waals surface area contributed by atoms with Gasteiger partial charge in [-0.3, -0.25) is 5.41 Å². The van der Waals surface area contributed by atoms with Gasteiger partial charge in [0.25, 0.3) is 0 Å². The van der Waals surface area contributed by atoms with Crippen LogP contribution in [0.15, 0.2) is 0 Å². The molecule has 8 nitrogen and oxygen atoms in total. The summed E-state index contributed by atoms with van der Waals surface area (Å²) in [5.74, 6) is -0.814. The van der Waals surface area contributed by atoms with E-state index in [9.17, 15) is 4.57 Å². The predicted octanol–water partition coefficient (Wildman–Crippen LogP) is -1.55. The number of hydrogen-bond donors (Lipinski definition) is 5. The van der Waals surface area contributed by atoms with Crippen molar-refractivity contribution in [2.45, 2.75) is 0 Å². The number of rotatable bonds is 2. The van der Waals surface area contributed by atoms with Crippen LogP contribution in [-0.4, -0.2) is 25.9 Å². The lowest BCUT2D eigenvalue weighted by Crippen LogP contribution is -2.43. The van der Waals surface area contributed by atoms with Crippen LogP contribution in [0.4, 0.5) is 0 Å². The molecule has 0 radical (unpaired) electrons. The fourth-order valence-electron chi connectivity index (χ4n) is 0.309. The molecule has 0 aliphatic heterocycles. The van der Waals surface area contributed by atoms with Gasteiger partial charge in [-0.25, -0.2) is 4.57 Å². The normalized spacial score (nSPS) is 10.8. The maximum Gasteiger partial charge on any atom is 0.491 e. The fourth-order valence-corrected chi connectivity index (χ4v) is 0.889. The number of hydroxylamine groups is 2. The Hall–Kier alpha value is -0.730. The van der Waals surface area contributed by atoms with Crippen molar-refractivity contribution in [1.82, 2.24) is 5.06 Å². The first-order chi connectivity index (χ1) is 5.24. The van der Waals surface area contributed by atoms with Crippen molar-refractivity contribution in [3.63, 3.8) is 0 Å². The molecular formula is C2H7N4O4PS. The molecule has 0 aliphatic rings. The first-order valence-electron chi connectivity index (χ1n) is 2.43. The van der Waals surface area contributed by atoms with Gasteiger partial charge < -0.3 is 21.3 Å². The van der Waals surface area contributed by atoms with Crippen molar-refractivity contribution in [2.24, 2.45) is 11.5 Å². The van der Waals surface area contributed by atoms with E-state index in [2.05, 4.69) is 16.8 Å². The van der Waals surface area contributed by atoms with E-state index in [1.807, 2.05) is 0 Å². The summed E-state index contributed by atoms with van der Waals surface area (Å²) in [4.78, 5) is 16.5. The average Bonchev–Trinajstić information content (AvgIpc) is 1.79. The number of hydrogen-bond acceptors (Lipinski definition) is 4. The van der Waals surface area contributed by atoms with E-state index in [1.165, 1.54) is 0 Å². The van der Waals surface area contributed by atoms with E-state index < -0.39 is 18.9 Å². The van der Waals surface area contributed by atoms with Crippen molar-refractivity contribution in [3.8, 4) is 0 Å². The van der Waals surface area contributed by atoms with Crippen molar-refractivity contribution < 1.29 is 19.0 Å². The third kappa shape index (κ3) is 4.21. The van der Waals surface area contributed by atoms with Crippen LogP contribution in [0.5, 0.6) is 0 Å². The van der Waals surface area contributed by atoms with Gasteiger partial charge in [-0.05, 0) is 12.2 Å². The second-order valence-electron chi connectivity index (χ2n) is 1.59. The molecule has 0 spiro atoms. The lowest BCUT2D eigenvalue weighted by Gasteiger charge is -2.18. The molecule has 0 atom stereocenters. The van der Waals surface area contributed by atoms with E-state index in [1.54, 1.807) is 0 Å². The number of guanidine groups is 1. The summed E-state index contributed by atoms with van der Waals surface area (Å²) in [6.07, 6.45) is 0. The summed E-state index contributed by atoms with van der Waals surface area (Å²) in [7, 11) is -4.79. The first-order valence-corrected chi connectivity index (χ1v) is 4.36. The van der Waals surface area contributed by atoms with E-state index in [0.717, 1.165) is 0 Å². The van der Waals surface area contributed by atoms with Gasteiger partial charge >= 0.3 is 7.82 Å². The Balaban J connectivity index is 4.46. The molecule has 0 aromatic rings. The van der Waals surface area contributed by atoms with Crippen LogP contribution < -0.4 is 11.5 Å². The number of nitrogens with two attached hydrogens (primary N) is 2. The Bertz CT molecular complexity index is 235. The van der Waals surface area contributed by atoms with Crippen molar-refractivity contribution in [2.75, 3.05) is 0 Å². The first kappa shape index (κ1) is 11.3. The second kappa shape index (κ2) is 3.78. The van der Waals surface area contributed by atoms with Gasteiger partial charge in [-0.2, -0.15) is 9.69 Å². The van der Waals surface area contributed by atoms with Crippen LogP contribution in [0.25, 0.3) is 0 Å². The molecule has 0 bridgehead atoms. The second-order valence-corrected chi connectivity index (χ2v) is 3.15. The largest absolute Gasteiger partial charge is 0.491 e. The van der Waals surface area contributed by atoms with Crippen LogP contribution >= 0.6 is 20.0 Å². The lowest BCUT2D eigenvalue weighted by atomic mass is 10.9. The quantitative estimate of drug-likeness (QED) is 0.122. The average molecular weight is 214 g/mol. The molecule has 0 amide bonds. The summed E-state index contributed by atoms with van der Waals surface area (Å²) in [5.41, 5.74) is 9.73. The molecular weight excluding hydrogens is 207 g/mol. The summed E-state index contributed by atoms with van der Waals surface area (Å²) in [6.45, 7) is 0. The molecule has 0 rings (SSSR count). The number of thiocarbonyl (C=S) groups is 1. The van der Waals surface area contributed by atoms with Crippen LogP contribution in [0.2, 0.25) is 0 Å². The number of phosphoric acid groups is 1. The van der Waals surface area contributed by atoms with Crippen LogP contribution in [0, 0.1) is 5.41 Å². The highest BCUT2D eigenvalue weighted by molar-refractivity contribution is 7.80. The fraction of sp³-hybridized carbons (Fsp3) is 0. The Kier molecular flexibility index (Phi) is 3.55. The zero-order valence-corrected chi connectivity index (χ0v) is 7.38. The maximum absolute atomic E-state index is 10.2. The molecule has 12 heavy (non-hydrogen) atoms. The van der Waals surface area contributed by atoms with E-state index >= 15 is 0 Å². The predicted molar refractivity (Wildman–Crippen MR) is 43.7 cm³/mol. The molecule has 0 heterocycles. The molecule has 0 aliphatic carbocycles. The third-order valence-corrected chi connectivity index (χ3v) is 1.15. The Morgan fingerprint density at radius 2 is 2.00 bits per heavy atom. The molecule has 70 valence electrons. The van der Waals surface area contributed by atoms with E-state index in [0.29, 0.717) is 0 Å². The summed E-state index contributed by atoms with van der Waals surface area (Å²) < 4.78 is 14.1. The Morgan fingerprint density at radius 1 is 1.58 bits per heavy atom. The third-order valence-electron chi connectivity index (χ3n) is 0.607. The Labute approximate surface area is 72.8 Å². The van der Waals surface area contributed by atoms with Crippen LogP contribution in [0.3, 0.4) is 0 Å². The number of nitrogens with one attached hydrogen (secondary N) is 1. The van der Waals surface area contributed by atoms with E-state index in [4.69, 9.17) is 26.7 Å². The summed E-state index contributed by atoms with van der Waals surface area (Å²) in [5, 5.41) is 6.31. The zero-order chi connectivity index (χ0) is 9.94. The molecule has 0 aromatic carbocycles. The minimum Gasteiger partial charge on any atom is -0.374 e. The van der Waals surface area contributed by atoms with Gasteiger partial charge in [0, 0.05) is 0 Å². The smallest absolute Gasteiger partial charge is 0.374 e. The molecule has 0 fully saturated rings. The molecule has 0 saturated heterocycles. The minimum absolute atomic E-state index is 0.149. The summed E-state index contributed by atoms with van der Waals surface area (Å²) >= 11 is 4.28. The Morgan fingerprint density at radius 3 is 2.08 bits per heavy atom. The van der Waals surface area contributed by atoms with E-state index in [-0.39, 0.29) is 5.06 Å². The number of nitrogens with zero attached hydrogens (tertiary/aromatic N) is 1. The van der Waals surface area contributed by atoms with Gasteiger partial charge in [-0.1, -0.05) is 0 Å². The van der Waals surface area contributed by atoms with Gasteiger partial charge in [0.15, 0.2) is 5.11 Å². The van der Waals surface area contributed by atoms with Crippen LogP contribution in [0.1, 0.15) is 0 Å². The van der Waals surface area contributed by atoms with Crippen LogP contribution in [-0.2, 0) is 9.19 Å². The lowest BCUT2D eigenvalue weighted by molar-refractivity contribution is 0.0489. The highest BCUT2D eigenvalue weighted by atomic mass is 32.1. The van der Waals surface area contributed by atoms with Crippen molar-refractivity contribution in [3.05, 3.63) is 0 Å². The summed E-state index contributed by atoms with van der Waals surface area (Å²) in [6, 6.07) is 0. The topological polar surface area (TPSA) is 146 Å². The highest BCUT2D eigenvalue weighted by Crippen LogP contribution is 2.36. The molecule has 7 N–H and O–H groups in total. The standard InChI is InChI=1S/C2H7N4O4PS/c3-1(4)6(2(5)12)10-11(7,8)9/h(H3,3,4)(H2,5,12)(H2,7,8,9). The zero-order valence-electron chi connectivity index (χ0n) is 5.67. The molecule has 0 saturated carbocycles. The minimum atomic E-state index is -4.79. The molecule has 10 heteroatoms.